The zero-order valence-corrected chi connectivity index (χ0v) is 13.6. The van der Waals surface area contributed by atoms with Gasteiger partial charge in [-0.2, -0.15) is 5.10 Å². The lowest BCUT2D eigenvalue weighted by Gasteiger charge is -2.10. The highest BCUT2D eigenvalue weighted by molar-refractivity contribution is 5.92. The smallest absolute Gasteiger partial charge is 0.193 e. The molecular formula is C17H25N5. The van der Waals surface area contributed by atoms with E-state index in [0.29, 0.717) is 18.4 Å². The SMILES string of the molecule is CCC(C)c1ccc(NC(N)=NCCc2cnn(C)c2)cc1. The van der Waals surface area contributed by atoms with Gasteiger partial charge in [0.05, 0.1) is 6.20 Å². The third-order valence-electron chi connectivity index (χ3n) is 3.81. The normalized spacial score (nSPS) is 13.1. The number of nitrogens with two attached hydrogens (primary N) is 1. The third kappa shape index (κ3) is 4.62. The Morgan fingerprint density at radius 1 is 1.36 bits per heavy atom. The molecule has 0 aliphatic heterocycles. The molecule has 1 aromatic carbocycles. The summed E-state index contributed by atoms with van der Waals surface area (Å²) in [6, 6.07) is 8.37. The maximum atomic E-state index is 5.92. The van der Waals surface area contributed by atoms with Gasteiger partial charge in [0.2, 0.25) is 0 Å². The van der Waals surface area contributed by atoms with E-state index in [1.165, 1.54) is 5.56 Å². The van der Waals surface area contributed by atoms with Crippen LogP contribution in [0.1, 0.15) is 37.3 Å². The number of benzene rings is 1. The second-order valence-corrected chi connectivity index (χ2v) is 5.60. The van der Waals surface area contributed by atoms with E-state index in [1.54, 1.807) is 4.68 Å². The first kappa shape index (κ1) is 16.1. The molecule has 5 nitrogen and oxygen atoms in total. The van der Waals surface area contributed by atoms with Gasteiger partial charge in [0.25, 0.3) is 0 Å². The van der Waals surface area contributed by atoms with E-state index in [0.717, 1.165) is 24.1 Å². The molecule has 22 heavy (non-hydrogen) atoms. The van der Waals surface area contributed by atoms with Crippen molar-refractivity contribution in [2.45, 2.75) is 32.6 Å². The lowest BCUT2D eigenvalue weighted by atomic mass is 9.99. The van der Waals surface area contributed by atoms with E-state index in [-0.39, 0.29) is 0 Å². The molecule has 0 aliphatic rings. The lowest BCUT2D eigenvalue weighted by Crippen LogP contribution is -2.23. The van der Waals surface area contributed by atoms with Crippen molar-refractivity contribution in [3.05, 3.63) is 47.8 Å². The number of hydrogen-bond donors (Lipinski definition) is 2. The minimum atomic E-state index is 0.445. The summed E-state index contributed by atoms with van der Waals surface area (Å²) in [5.41, 5.74) is 9.40. The standard InChI is InChI=1S/C17H25N5/c1-4-13(2)15-5-7-16(8-6-15)21-17(18)19-10-9-14-11-20-22(3)12-14/h5-8,11-13H,4,9-10H2,1-3H3,(H3,18,19,21). The number of guanidine groups is 1. The maximum Gasteiger partial charge on any atom is 0.193 e. The number of anilines is 1. The van der Waals surface area contributed by atoms with Crippen LogP contribution in [-0.4, -0.2) is 22.3 Å². The molecule has 118 valence electrons. The van der Waals surface area contributed by atoms with Crippen LogP contribution in [0.4, 0.5) is 5.69 Å². The Balaban J connectivity index is 1.85. The predicted octanol–water partition coefficient (Wildman–Crippen LogP) is 2.90. The van der Waals surface area contributed by atoms with Crippen molar-refractivity contribution in [3.63, 3.8) is 0 Å². The maximum absolute atomic E-state index is 5.92. The van der Waals surface area contributed by atoms with Crippen molar-refractivity contribution in [2.24, 2.45) is 17.8 Å². The average Bonchev–Trinajstić information content (AvgIpc) is 2.92. The Hall–Kier alpha value is -2.30. The zero-order valence-electron chi connectivity index (χ0n) is 13.6. The third-order valence-corrected chi connectivity index (χ3v) is 3.81. The number of nitrogens with one attached hydrogen (secondary N) is 1. The van der Waals surface area contributed by atoms with E-state index < -0.39 is 0 Å². The molecule has 2 rings (SSSR count). The molecule has 5 heteroatoms. The van der Waals surface area contributed by atoms with E-state index in [2.05, 4.69) is 41.4 Å². The molecule has 0 bridgehead atoms. The van der Waals surface area contributed by atoms with Gasteiger partial charge in [0.1, 0.15) is 0 Å². The Morgan fingerprint density at radius 2 is 2.09 bits per heavy atom. The Kier molecular flexibility index (Phi) is 5.58. The summed E-state index contributed by atoms with van der Waals surface area (Å²) < 4.78 is 1.79. The molecule has 2 aromatic rings. The fraction of sp³-hybridized carbons (Fsp3) is 0.412. The van der Waals surface area contributed by atoms with Crippen LogP contribution in [0, 0.1) is 0 Å². The number of aliphatic imine (C=N–C) groups is 1. The van der Waals surface area contributed by atoms with E-state index in [1.807, 2.05) is 31.6 Å². The second-order valence-electron chi connectivity index (χ2n) is 5.60. The first-order chi connectivity index (χ1) is 10.6. The number of rotatable bonds is 6. The minimum Gasteiger partial charge on any atom is -0.370 e. The molecule has 0 fully saturated rings. The summed E-state index contributed by atoms with van der Waals surface area (Å²) in [5, 5.41) is 7.26. The molecule has 3 N–H and O–H groups in total. The summed E-state index contributed by atoms with van der Waals surface area (Å²) in [4.78, 5) is 4.34. The summed E-state index contributed by atoms with van der Waals surface area (Å²) >= 11 is 0. The molecule has 0 spiro atoms. The molecule has 1 unspecified atom stereocenters. The van der Waals surface area contributed by atoms with Crippen LogP contribution < -0.4 is 11.1 Å². The largest absolute Gasteiger partial charge is 0.370 e. The van der Waals surface area contributed by atoms with Crippen molar-refractivity contribution in [3.8, 4) is 0 Å². The van der Waals surface area contributed by atoms with Gasteiger partial charge in [-0.15, -0.1) is 0 Å². The number of hydrogen-bond acceptors (Lipinski definition) is 2. The van der Waals surface area contributed by atoms with Crippen LogP contribution in [0.5, 0.6) is 0 Å². The van der Waals surface area contributed by atoms with Gasteiger partial charge in [-0.3, -0.25) is 9.67 Å². The van der Waals surface area contributed by atoms with Crippen molar-refractivity contribution in [1.82, 2.24) is 9.78 Å². The summed E-state index contributed by atoms with van der Waals surface area (Å²) in [5.74, 6) is 1.03. The molecule has 0 saturated heterocycles. The molecule has 0 aliphatic carbocycles. The topological polar surface area (TPSA) is 68.2 Å². The fourth-order valence-electron chi connectivity index (χ4n) is 2.22. The van der Waals surface area contributed by atoms with Crippen LogP contribution in [0.25, 0.3) is 0 Å². The van der Waals surface area contributed by atoms with Gasteiger partial charge in [-0.05, 0) is 42.0 Å². The quantitative estimate of drug-likeness (QED) is 0.636. The number of aryl methyl sites for hydroxylation is 1. The molecule has 0 radical (unpaired) electrons. The summed E-state index contributed by atoms with van der Waals surface area (Å²) in [7, 11) is 1.91. The molecule has 1 heterocycles. The second kappa shape index (κ2) is 7.64. The lowest BCUT2D eigenvalue weighted by molar-refractivity contribution is 0.734. The van der Waals surface area contributed by atoms with Gasteiger partial charge in [0, 0.05) is 25.5 Å². The molecule has 0 saturated carbocycles. The van der Waals surface area contributed by atoms with E-state index in [4.69, 9.17) is 5.73 Å². The zero-order chi connectivity index (χ0) is 15.9. The van der Waals surface area contributed by atoms with Crippen molar-refractivity contribution in [2.75, 3.05) is 11.9 Å². The highest BCUT2D eigenvalue weighted by Gasteiger charge is 2.02. The molecule has 1 atom stereocenters. The van der Waals surface area contributed by atoms with Crippen LogP contribution in [-0.2, 0) is 13.5 Å². The fourth-order valence-corrected chi connectivity index (χ4v) is 2.22. The van der Waals surface area contributed by atoms with Crippen molar-refractivity contribution in [1.29, 1.82) is 0 Å². The Bertz CT molecular complexity index is 612. The molecular weight excluding hydrogens is 274 g/mol. The minimum absolute atomic E-state index is 0.445. The van der Waals surface area contributed by atoms with Gasteiger partial charge < -0.3 is 11.1 Å². The van der Waals surface area contributed by atoms with Crippen LogP contribution >= 0.6 is 0 Å². The van der Waals surface area contributed by atoms with E-state index in [9.17, 15) is 0 Å². The van der Waals surface area contributed by atoms with Crippen LogP contribution in [0.3, 0.4) is 0 Å². The molecule has 0 amide bonds. The predicted molar refractivity (Wildman–Crippen MR) is 92.2 cm³/mol. The van der Waals surface area contributed by atoms with Gasteiger partial charge in [-0.25, -0.2) is 0 Å². The van der Waals surface area contributed by atoms with Crippen molar-refractivity contribution < 1.29 is 0 Å². The van der Waals surface area contributed by atoms with E-state index >= 15 is 0 Å². The number of aromatic nitrogens is 2. The Morgan fingerprint density at radius 3 is 2.68 bits per heavy atom. The van der Waals surface area contributed by atoms with Gasteiger partial charge in [-0.1, -0.05) is 26.0 Å². The highest BCUT2D eigenvalue weighted by Crippen LogP contribution is 2.20. The Labute approximate surface area is 132 Å². The summed E-state index contributed by atoms with van der Waals surface area (Å²) in [6.07, 6.45) is 5.83. The average molecular weight is 299 g/mol. The van der Waals surface area contributed by atoms with Gasteiger partial charge >= 0.3 is 0 Å². The van der Waals surface area contributed by atoms with Gasteiger partial charge in [0.15, 0.2) is 5.96 Å². The molecule has 1 aromatic heterocycles. The monoisotopic (exact) mass is 299 g/mol. The van der Waals surface area contributed by atoms with Crippen molar-refractivity contribution >= 4 is 11.6 Å². The highest BCUT2D eigenvalue weighted by atomic mass is 15.2. The van der Waals surface area contributed by atoms with Crippen LogP contribution in [0.2, 0.25) is 0 Å². The first-order valence-corrected chi connectivity index (χ1v) is 7.73. The summed E-state index contributed by atoms with van der Waals surface area (Å²) in [6.45, 7) is 5.08. The first-order valence-electron chi connectivity index (χ1n) is 7.73. The van der Waals surface area contributed by atoms with Crippen LogP contribution in [0.15, 0.2) is 41.7 Å². The number of nitrogens with zero attached hydrogens (tertiary/aromatic N) is 3.